The van der Waals surface area contributed by atoms with Crippen LogP contribution in [0.5, 0.6) is 0 Å². The number of unbranched alkanes of at least 4 members (excludes halogenated alkanes) is 18. The zero-order valence-electron chi connectivity index (χ0n) is 24.1. The Morgan fingerprint density at radius 1 is 0.559 bits per heavy atom. The average Bonchev–Trinajstić information content (AvgIpc) is 2.82. The van der Waals surface area contributed by atoms with Gasteiger partial charge in [-0.1, -0.05) is 168 Å². The van der Waals surface area contributed by atoms with Gasteiger partial charge in [0.1, 0.15) is 0 Å². The fourth-order valence-electron chi connectivity index (χ4n) is 5.53. The van der Waals surface area contributed by atoms with Gasteiger partial charge in [0.2, 0.25) is 0 Å². The second-order valence-electron chi connectivity index (χ2n) is 11.6. The lowest BCUT2D eigenvalue weighted by atomic mass is 9.74. The van der Waals surface area contributed by atoms with E-state index in [-0.39, 0.29) is 0 Å². The second-order valence-corrected chi connectivity index (χ2v) is 11.6. The lowest BCUT2D eigenvalue weighted by molar-refractivity contribution is -0.149. The molecule has 0 rings (SSSR count). The molecule has 34 heavy (non-hydrogen) atoms. The van der Waals surface area contributed by atoms with Gasteiger partial charge in [-0.2, -0.15) is 0 Å². The van der Waals surface area contributed by atoms with E-state index < -0.39 is 11.4 Å². The lowest BCUT2D eigenvalue weighted by Gasteiger charge is -2.30. The minimum absolute atomic E-state index is 0.529. The van der Waals surface area contributed by atoms with Crippen molar-refractivity contribution in [1.29, 1.82) is 0 Å². The molecule has 0 aliphatic carbocycles. The summed E-state index contributed by atoms with van der Waals surface area (Å²) in [6, 6.07) is 0. The summed E-state index contributed by atoms with van der Waals surface area (Å²) in [5.74, 6) is 0.0346. The van der Waals surface area contributed by atoms with E-state index in [9.17, 15) is 9.90 Å². The van der Waals surface area contributed by atoms with Gasteiger partial charge in [-0.25, -0.2) is 0 Å². The molecule has 0 heterocycles. The number of carbonyl (C=O) groups is 1. The molecule has 2 nitrogen and oxygen atoms in total. The topological polar surface area (TPSA) is 37.3 Å². The summed E-state index contributed by atoms with van der Waals surface area (Å²) in [6.45, 7) is 8.84. The minimum Gasteiger partial charge on any atom is -0.481 e. The van der Waals surface area contributed by atoms with Crippen LogP contribution in [0.2, 0.25) is 0 Å². The predicted molar refractivity (Wildman–Crippen MR) is 152 cm³/mol. The quantitative estimate of drug-likeness (QED) is 0.119. The van der Waals surface area contributed by atoms with Crippen molar-refractivity contribution < 1.29 is 9.90 Å². The number of hydrogen-bond donors (Lipinski definition) is 1. The molecule has 0 radical (unpaired) electrons. The maximum absolute atomic E-state index is 12.2. The standard InChI is InChI=1S/C32H64O2/c1-5-8-11-13-14-15-16-17-18-19-20-21-22-25-28-32(4,31(33)34)29-30(26-23-10-7-3)27-24-12-9-6-2/h30H,5-29H2,1-4H3,(H,33,34). The Hall–Kier alpha value is -0.530. The van der Waals surface area contributed by atoms with Gasteiger partial charge in [-0.15, -0.1) is 0 Å². The summed E-state index contributed by atoms with van der Waals surface area (Å²) in [7, 11) is 0. The third-order valence-electron chi connectivity index (χ3n) is 8.02. The summed E-state index contributed by atoms with van der Waals surface area (Å²) in [5, 5.41) is 10.1. The monoisotopic (exact) mass is 480 g/mol. The van der Waals surface area contributed by atoms with E-state index in [4.69, 9.17) is 0 Å². The van der Waals surface area contributed by atoms with Crippen molar-refractivity contribution in [2.75, 3.05) is 0 Å². The maximum atomic E-state index is 12.2. The molecule has 0 aliphatic heterocycles. The van der Waals surface area contributed by atoms with Gasteiger partial charge >= 0.3 is 5.97 Å². The van der Waals surface area contributed by atoms with E-state index in [2.05, 4.69) is 20.8 Å². The Labute approximate surface area is 215 Å². The summed E-state index contributed by atoms with van der Waals surface area (Å²) in [6.07, 6.45) is 32.1. The third kappa shape index (κ3) is 19.7. The highest BCUT2D eigenvalue weighted by Crippen LogP contribution is 2.36. The van der Waals surface area contributed by atoms with Crippen LogP contribution in [0.15, 0.2) is 0 Å². The number of rotatable bonds is 27. The van der Waals surface area contributed by atoms with E-state index in [1.54, 1.807) is 0 Å². The number of carboxylic acids is 1. The first kappa shape index (κ1) is 33.5. The van der Waals surface area contributed by atoms with Gasteiger partial charge in [-0.3, -0.25) is 4.79 Å². The van der Waals surface area contributed by atoms with Gasteiger partial charge in [0.05, 0.1) is 5.41 Å². The van der Waals surface area contributed by atoms with E-state index in [1.807, 2.05) is 6.92 Å². The molecule has 0 aliphatic rings. The van der Waals surface area contributed by atoms with Gasteiger partial charge in [0.15, 0.2) is 0 Å². The zero-order valence-corrected chi connectivity index (χ0v) is 24.1. The molecule has 2 unspecified atom stereocenters. The molecule has 1 N–H and O–H groups in total. The molecule has 0 aromatic carbocycles. The van der Waals surface area contributed by atoms with Crippen LogP contribution in [0.3, 0.4) is 0 Å². The molecule has 0 aromatic rings. The van der Waals surface area contributed by atoms with Crippen molar-refractivity contribution >= 4 is 5.97 Å². The van der Waals surface area contributed by atoms with Crippen molar-refractivity contribution in [1.82, 2.24) is 0 Å². The van der Waals surface area contributed by atoms with Gasteiger partial charge < -0.3 is 5.11 Å². The zero-order chi connectivity index (χ0) is 25.3. The molecule has 0 fully saturated rings. The first-order valence-electron chi connectivity index (χ1n) is 15.7. The van der Waals surface area contributed by atoms with E-state index in [1.165, 1.54) is 141 Å². The van der Waals surface area contributed by atoms with E-state index in [0.717, 1.165) is 19.3 Å². The number of hydrogen-bond acceptors (Lipinski definition) is 1. The van der Waals surface area contributed by atoms with E-state index >= 15 is 0 Å². The highest BCUT2D eigenvalue weighted by molar-refractivity contribution is 5.74. The summed E-state index contributed by atoms with van der Waals surface area (Å²) >= 11 is 0. The Bertz CT molecular complexity index is 433. The third-order valence-corrected chi connectivity index (χ3v) is 8.02. The second kappa shape index (κ2) is 24.2. The van der Waals surface area contributed by atoms with Crippen molar-refractivity contribution in [3.63, 3.8) is 0 Å². The van der Waals surface area contributed by atoms with E-state index in [0.29, 0.717) is 5.92 Å². The van der Waals surface area contributed by atoms with Crippen LogP contribution >= 0.6 is 0 Å². The largest absolute Gasteiger partial charge is 0.481 e. The SMILES string of the molecule is CCCCCCCCCCCCCCCCC(C)(CC(CCCCC)CCCCCC)C(=O)O. The number of carboxylic acid groups (broad SMARTS) is 1. The fourth-order valence-corrected chi connectivity index (χ4v) is 5.53. The van der Waals surface area contributed by atoms with Crippen LogP contribution in [0.4, 0.5) is 0 Å². The molecule has 2 atom stereocenters. The van der Waals surface area contributed by atoms with Crippen LogP contribution in [0.25, 0.3) is 0 Å². The Balaban J connectivity index is 4.08. The first-order valence-corrected chi connectivity index (χ1v) is 15.7. The van der Waals surface area contributed by atoms with Crippen molar-refractivity contribution in [2.45, 2.75) is 188 Å². The van der Waals surface area contributed by atoms with Crippen LogP contribution in [-0.2, 0) is 4.79 Å². The van der Waals surface area contributed by atoms with Gasteiger partial charge in [0, 0.05) is 0 Å². The molecule has 2 heteroatoms. The molecule has 0 bridgehead atoms. The molecule has 0 saturated heterocycles. The van der Waals surface area contributed by atoms with Crippen LogP contribution in [0, 0.1) is 11.3 Å². The summed E-state index contributed by atoms with van der Waals surface area (Å²) < 4.78 is 0. The molecular formula is C32H64O2. The molecule has 0 aromatic heterocycles. The first-order chi connectivity index (χ1) is 16.5. The molecular weight excluding hydrogens is 416 g/mol. The maximum Gasteiger partial charge on any atom is 0.309 e. The lowest BCUT2D eigenvalue weighted by Crippen LogP contribution is -2.30. The highest BCUT2D eigenvalue weighted by Gasteiger charge is 2.34. The Morgan fingerprint density at radius 2 is 0.882 bits per heavy atom. The van der Waals surface area contributed by atoms with Crippen molar-refractivity contribution in [2.24, 2.45) is 11.3 Å². The van der Waals surface area contributed by atoms with Gasteiger partial charge in [-0.05, 0) is 25.7 Å². The normalized spacial score (nSPS) is 14.2. The predicted octanol–water partition coefficient (Wildman–Crippen LogP) is 11.5. The molecule has 204 valence electrons. The molecule has 0 amide bonds. The highest BCUT2D eigenvalue weighted by atomic mass is 16.4. The van der Waals surface area contributed by atoms with Crippen molar-refractivity contribution in [3.8, 4) is 0 Å². The van der Waals surface area contributed by atoms with Crippen LogP contribution in [-0.4, -0.2) is 11.1 Å². The molecule has 0 spiro atoms. The van der Waals surface area contributed by atoms with Crippen LogP contribution < -0.4 is 0 Å². The van der Waals surface area contributed by atoms with Crippen LogP contribution in [0.1, 0.15) is 188 Å². The van der Waals surface area contributed by atoms with Crippen molar-refractivity contribution in [3.05, 3.63) is 0 Å². The Morgan fingerprint density at radius 3 is 1.29 bits per heavy atom. The Kier molecular flexibility index (Phi) is 23.8. The summed E-state index contributed by atoms with van der Waals surface area (Å²) in [4.78, 5) is 12.2. The smallest absolute Gasteiger partial charge is 0.309 e. The molecule has 0 saturated carbocycles. The van der Waals surface area contributed by atoms with Gasteiger partial charge in [0.25, 0.3) is 0 Å². The number of aliphatic carboxylic acids is 1. The fraction of sp³-hybridized carbons (Fsp3) is 0.969. The minimum atomic E-state index is -0.559. The average molecular weight is 481 g/mol. The summed E-state index contributed by atoms with van der Waals surface area (Å²) in [5.41, 5.74) is -0.529.